The van der Waals surface area contributed by atoms with Gasteiger partial charge in [-0.05, 0) is 25.7 Å². The highest BCUT2D eigenvalue weighted by Crippen LogP contribution is 2.50. The molecule has 42 heavy (non-hydrogen) atoms. The molecule has 0 atom stereocenters. The fourth-order valence-corrected chi connectivity index (χ4v) is 6.15. The molecule has 0 bridgehead atoms. The van der Waals surface area contributed by atoms with Crippen LogP contribution in [0.1, 0.15) is 79.1 Å². The van der Waals surface area contributed by atoms with Gasteiger partial charge in [0.2, 0.25) is 0 Å². The highest BCUT2D eigenvalue weighted by atomic mass is 15.4. The van der Waals surface area contributed by atoms with Gasteiger partial charge in [-0.25, -0.2) is 0 Å². The first-order chi connectivity index (χ1) is 20.7. The maximum Gasteiger partial charge on any atom is 0.148 e. The van der Waals surface area contributed by atoms with Crippen molar-refractivity contribution in [2.75, 3.05) is 26.2 Å². The zero-order valence-electron chi connectivity index (χ0n) is 26.9. The van der Waals surface area contributed by atoms with E-state index in [4.69, 9.17) is 0 Å². The predicted octanol–water partition coefficient (Wildman–Crippen LogP) is 12.0. The van der Waals surface area contributed by atoms with E-state index in [2.05, 4.69) is 149 Å². The van der Waals surface area contributed by atoms with Gasteiger partial charge in [-0.1, -0.05) is 126 Å². The van der Waals surface area contributed by atoms with Gasteiger partial charge >= 0.3 is 0 Å². The largest absolute Gasteiger partial charge is 0.324 e. The van der Waals surface area contributed by atoms with Gasteiger partial charge in [-0.2, -0.15) is 4.48 Å². The van der Waals surface area contributed by atoms with Gasteiger partial charge in [-0.15, -0.1) is 0 Å². The summed E-state index contributed by atoms with van der Waals surface area (Å²) >= 11 is 0. The molecular formula is C40H56N2+2. The molecule has 0 unspecified atom stereocenters. The van der Waals surface area contributed by atoms with Crippen LogP contribution in [0.4, 0.5) is 22.7 Å². The smallest absolute Gasteiger partial charge is 0.148 e. The Morgan fingerprint density at radius 2 is 0.548 bits per heavy atom. The van der Waals surface area contributed by atoms with Crippen molar-refractivity contribution in [3.8, 4) is 0 Å². The summed E-state index contributed by atoms with van der Waals surface area (Å²) in [6, 6.07) is 42.8. The lowest BCUT2D eigenvalue weighted by molar-refractivity contribution is -0.929. The predicted molar refractivity (Wildman–Crippen MR) is 186 cm³/mol. The van der Waals surface area contributed by atoms with Crippen LogP contribution in [0.15, 0.2) is 121 Å². The van der Waals surface area contributed by atoms with Gasteiger partial charge in [0.05, 0.1) is 26.2 Å². The van der Waals surface area contributed by atoms with Crippen LogP contribution in [0.3, 0.4) is 0 Å². The van der Waals surface area contributed by atoms with E-state index in [1.54, 1.807) is 0 Å². The quantitative estimate of drug-likeness (QED) is 0.119. The second-order valence-electron chi connectivity index (χ2n) is 11.7. The number of hydrogen-bond donors (Lipinski definition) is 0. The van der Waals surface area contributed by atoms with E-state index < -0.39 is 0 Å². The van der Waals surface area contributed by atoms with Crippen LogP contribution in [0.25, 0.3) is 0 Å². The van der Waals surface area contributed by atoms with Crippen molar-refractivity contribution in [2.45, 2.75) is 79.1 Å². The zero-order chi connectivity index (χ0) is 29.9. The van der Waals surface area contributed by atoms with E-state index in [1.165, 1.54) is 105 Å². The number of rotatable bonds is 16. The molecule has 4 rings (SSSR count). The summed E-state index contributed by atoms with van der Waals surface area (Å²) < 4.78 is 1.98. The summed E-state index contributed by atoms with van der Waals surface area (Å²) in [6.07, 6.45) is 11.1. The summed E-state index contributed by atoms with van der Waals surface area (Å²) in [6.45, 7) is 15.0. The normalized spacial score (nSPS) is 11.5. The Morgan fingerprint density at radius 3 is 0.738 bits per heavy atom. The Hall–Kier alpha value is -3.20. The highest BCUT2D eigenvalue weighted by molar-refractivity contribution is 5.81. The van der Waals surface area contributed by atoms with Gasteiger partial charge in [0.1, 0.15) is 22.7 Å². The Kier molecular flexibility index (Phi) is 14.6. The molecule has 224 valence electrons. The van der Waals surface area contributed by atoms with E-state index in [0.717, 1.165) is 0 Å². The third-order valence-corrected chi connectivity index (χ3v) is 8.52. The Labute approximate surface area is 257 Å². The minimum Gasteiger partial charge on any atom is -0.324 e. The van der Waals surface area contributed by atoms with E-state index >= 15 is 0 Å². The minimum absolute atomic E-state index is 0.559. The van der Waals surface area contributed by atoms with Crippen molar-refractivity contribution in [2.24, 2.45) is 0 Å². The third-order valence-electron chi connectivity index (χ3n) is 8.52. The summed E-state index contributed by atoms with van der Waals surface area (Å²) in [5.41, 5.74) is 4.86. The van der Waals surface area contributed by atoms with Crippen LogP contribution in [0.5, 0.6) is 0 Å². The van der Waals surface area contributed by atoms with Crippen LogP contribution in [0.2, 0.25) is 0 Å². The molecule has 0 aliphatic carbocycles. The molecule has 0 fully saturated rings. The van der Waals surface area contributed by atoms with Crippen molar-refractivity contribution in [1.82, 2.24) is 4.48 Å². The molecule has 0 aromatic heterocycles. The number of hydrogen-bond acceptors (Lipinski definition) is 0. The summed E-state index contributed by atoms with van der Waals surface area (Å²) in [7, 11) is 0. The van der Waals surface area contributed by atoms with Crippen molar-refractivity contribution >= 4 is 22.7 Å². The van der Waals surface area contributed by atoms with E-state index in [-0.39, 0.29) is 0 Å². The van der Waals surface area contributed by atoms with E-state index in [0.29, 0.717) is 4.48 Å². The first kappa shape index (κ1) is 33.3. The average Bonchev–Trinajstić information content (AvgIpc) is 3.07. The van der Waals surface area contributed by atoms with Gasteiger partial charge in [0.25, 0.3) is 0 Å². The van der Waals surface area contributed by atoms with Crippen LogP contribution in [-0.4, -0.2) is 30.7 Å². The SMILES string of the molecule is CCCC[N+](CCCC)(CCCC)CCCC.c1ccc([N+](c2ccccc2)(c2ccccc2)c2ccccc2)cc1. The zero-order valence-corrected chi connectivity index (χ0v) is 26.9. The standard InChI is InChI=1S/C24H20N.C16H36N/c1-5-13-21(14-6-1)25(22-15-7-2-8-16-22,23-17-9-3-10-18-23)24-19-11-4-12-20-24;1-5-9-13-17(14-10-6-2,15-11-7-3)16-12-8-4/h1-20H;5-16H2,1-4H3/q2*+1. The monoisotopic (exact) mass is 564 g/mol. The Balaban J connectivity index is 0.000000252. The number of benzene rings is 4. The Bertz CT molecular complexity index is 1000. The molecule has 0 saturated heterocycles. The lowest BCUT2D eigenvalue weighted by atomic mass is 10.1. The van der Waals surface area contributed by atoms with Crippen molar-refractivity contribution in [3.63, 3.8) is 0 Å². The third kappa shape index (κ3) is 8.90. The van der Waals surface area contributed by atoms with Gasteiger partial charge in [0.15, 0.2) is 0 Å². The fraction of sp³-hybridized carbons (Fsp3) is 0.400. The van der Waals surface area contributed by atoms with Gasteiger partial charge in [-0.3, -0.25) is 0 Å². The molecule has 4 aromatic carbocycles. The number of quaternary nitrogens is 2. The summed E-state index contributed by atoms with van der Waals surface area (Å²) in [5.74, 6) is 0. The summed E-state index contributed by atoms with van der Waals surface area (Å²) in [5, 5.41) is 0. The topological polar surface area (TPSA) is 0 Å². The molecule has 0 aliphatic rings. The molecule has 0 spiro atoms. The van der Waals surface area contributed by atoms with Crippen LogP contribution >= 0.6 is 0 Å². The molecular weight excluding hydrogens is 508 g/mol. The number of unbranched alkanes of at least 4 members (excludes halogenated alkanes) is 4. The Morgan fingerprint density at radius 1 is 0.333 bits per heavy atom. The molecule has 0 heterocycles. The highest BCUT2D eigenvalue weighted by Gasteiger charge is 2.38. The van der Waals surface area contributed by atoms with Crippen molar-refractivity contribution < 1.29 is 4.48 Å². The van der Waals surface area contributed by atoms with Crippen LogP contribution < -0.4 is 4.48 Å². The average molecular weight is 565 g/mol. The maximum atomic E-state index is 2.33. The lowest BCUT2D eigenvalue weighted by Crippen LogP contribution is -2.50. The molecule has 0 aliphatic heterocycles. The number of para-hydroxylation sites is 4. The lowest BCUT2D eigenvalue weighted by Gasteiger charge is -2.39. The summed E-state index contributed by atoms with van der Waals surface area (Å²) in [4.78, 5) is 0. The molecule has 2 nitrogen and oxygen atoms in total. The van der Waals surface area contributed by atoms with Crippen molar-refractivity contribution in [3.05, 3.63) is 121 Å². The van der Waals surface area contributed by atoms with E-state index in [1.807, 2.05) is 0 Å². The second kappa shape index (κ2) is 18.4. The van der Waals surface area contributed by atoms with Crippen LogP contribution in [0, 0.1) is 0 Å². The van der Waals surface area contributed by atoms with Crippen molar-refractivity contribution in [1.29, 1.82) is 0 Å². The molecule has 2 heteroatoms. The molecule has 4 aromatic rings. The van der Waals surface area contributed by atoms with Gasteiger partial charge < -0.3 is 4.48 Å². The molecule has 0 N–H and O–H groups in total. The minimum atomic E-state index is 0.559. The first-order valence-corrected chi connectivity index (χ1v) is 16.6. The van der Waals surface area contributed by atoms with E-state index in [9.17, 15) is 0 Å². The second-order valence-corrected chi connectivity index (χ2v) is 11.7. The molecule has 0 saturated carbocycles. The van der Waals surface area contributed by atoms with Crippen LogP contribution in [-0.2, 0) is 0 Å². The first-order valence-electron chi connectivity index (χ1n) is 16.6. The van der Waals surface area contributed by atoms with Gasteiger partial charge in [0, 0.05) is 48.5 Å². The molecule has 0 amide bonds. The number of nitrogens with zero attached hydrogens (tertiary/aromatic N) is 2. The molecule has 0 radical (unpaired) electrons. The fourth-order valence-electron chi connectivity index (χ4n) is 6.15. The maximum absolute atomic E-state index is 2.33.